The van der Waals surface area contributed by atoms with E-state index in [9.17, 15) is 0 Å². The molecule has 0 radical (unpaired) electrons. The summed E-state index contributed by atoms with van der Waals surface area (Å²) in [4.78, 5) is 0. The van der Waals surface area contributed by atoms with Crippen LogP contribution in [0.1, 0.15) is 43.7 Å². The predicted molar refractivity (Wildman–Crippen MR) is 69.9 cm³/mol. The Hall–Kier alpha value is -1.30. The topological polar surface area (TPSA) is 0 Å². The highest BCUT2D eigenvalue weighted by Gasteiger charge is 2.32. The fraction of sp³-hybridized carbons (Fsp3) is 0.375. The quantitative estimate of drug-likeness (QED) is 0.640. The lowest BCUT2D eigenvalue weighted by Crippen LogP contribution is -2.08. The van der Waals surface area contributed by atoms with Gasteiger partial charge in [0.05, 0.1) is 0 Å². The molecule has 2 aromatic carbocycles. The maximum atomic E-state index is 2.37. The van der Waals surface area contributed by atoms with Crippen molar-refractivity contribution < 1.29 is 0 Å². The van der Waals surface area contributed by atoms with Crippen molar-refractivity contribution in [2.45, 2.75) is 32.6 Å². The molecule has 0 aromatic heterocycles. The summed E-state index contributed by atoms with van der Waals surface area (Å²) in [5, 5.41) is 2.93. The average molecular weight is 210 g/mol. The summed E-state index contributed by atoms with van der Waals surface area (Å²) in [5.74, 6) is 2.08. The zero-order chi connectivity index (χ0) is 11.3. The summed E-state index contributed by atoms with van der Waals surface area (Å²) < 4.78 is 0. The summed E-state index contributed by atoms with van der Waals surface area (Å²) in [6.45, 7) is 7.05. The normalized spacial score (nSPS) is 23.2. The van der Waals surface area contributed by atoms with Crippen LogP contribution in [0.25, 0.3) is 10.8 Å². The summed E-state index contributed by atoms with van der Waals surface area (Å²) >= 11 is 0. The summed E-state index contributed by atoms with van der Waals surface area (Å²) in [6, 6.07) is 13.5. The molecule has 16 heavy (non-hydrogen) atoms. The number of rotatable bonds is 1. The highest BCUT2D eigenvalue weighted by molar-refractivity contribution is 5.92. The summed E-state index contributed by atoms with van der Waals surface area (Å²) in [6.07, 6.45) is 0. The molecule has 82 valence electrons. The Morgan fingerprint density at radius 1 is 0.938 bits per heavy atom. The molecule has 2 atom stereocenters. The van der Waals surface area contributed by atoms with Crippen LogP contribution in [0, 0.1) is 5.92 Å². The molecule has 2 unspecified atom stereocenters. The third-order valence-electron chi connectivity index (χ3n) is 4.08. The molecule has 0 aliphatic heterocycles. The second kappa shape index (κ2) is 3.35. The van der Waals surface area contributed by atoms with E-state index < -0.39 is 0 Å². The molecule has 0 amide bonds. The Morgan fingerprint density at radius 3 is 2.19 bits per heavy atom. The molecule has 2 aromatic rings. The van der Waals surface area contributed by atoms with E-state index in [0.717, 1.165) is 0 Å². The Morgan fingerprint density at radius 2 is 1.56 bits per heavy atom. The summed E-state index contributed by atoms with van der Waals surface area (Å²) in [5.41, 5.74) is 3.11. The van der Waals surface area contributed by atoms with Crippen molar-refractivity contribution in [2.24, 2.45) is 5.92 Å². The summed E-state index contributed by atoms with van der Waals surface area (Å²) in [7, 11) is 0. The zero-order valence-electron chi connectivity index (χ0n) is 10.2. The van der Waals surface area contributed by atoms with Crippen LogP contribution >= 0.6 is 0 Å². The van der Waals surface area contributed by atoms with Crippen molar-refractivity contribution in [3.8, 4) is 0 Å². The van der Waals surface area contributed by atoms with Crippen LogP contribution in [-0.2, 0) is 0 Å². The van der Waals surface area contributed by atoms with Crippen molar-refractivity contribution >= 4 is 10.8 Å². The van der Waals surface area contributed by atoms with Crippen molar-refractivity contribution in [3.05, 3.63) is 47.5 Å². The lowest BCUT2D eigenvalue weighted by atomic mass is 9.83. The van der Waals surface area contributed by atoms with Crippen LogP contribution in [0.15, 0.2) is 36.4 Å². The Kier molecular flexibility index (Phi) is 2.07. The molecule has 3 rings (SSSR count). The van der Waals surface area contributed by atoms with E-state index in [-0.39, 0.29) is 0 Å². The highest BCUT2D eigenvalue weighted by Crippen LogP contribution is 2.49. The Balaban J connectivity index is 2.35. The maximum Gasteiger partial charge on any atom is -0.00662 e. The van der Waals surface area contributed by atoms with Gasteiger partial charge in [0.25, 0.3) is 0 Å². The van der Waals surface area contributed by atoms with Gasteiger partial charge in [0, 0.05) is 0 Å². The molecule has 0 fully saturated rings. The lowest BCUT2D eigenvalue weighted by Gasteiger charge is -2.21. The van der Waals surface area contributed by atoms with Gasteiger partial charge in [0.15, 0.2) is 0 Å². The van der Waals surface area contributed by atoms with Crippen molar-refractivity contribution in [3.63, 3.8) is 0 Å². The van der Waals surface area contributed by atoms with Crippen LogP contribution in [0.4, 0.5) is 0 Å². The molecule has 0 N–H and O–H groups in total. The largest absolute Gasteiger partial charge is 0.0622 e. The van der Waals surface area contributed by atoms with E-state index in [0.29, 0.717) is 17.8 Å². The minimum Gasteiger partial charge on any atom is -0.0622 e. The number of hydrogen-bond donors (Lipinski definition) is 0. The van der Waals surface area contributed by atoms with Crippen LogP contribution < -0.4 is 0 Å². The first-order valence-electron chi connectivity index (χ1n) is 6.21. The molecule has 1 aliphatic carbocycles. The first kappa shape index (κ1) is 9.89. The van der Waals surface area contributed by atoms with E-state index in [1.807, 2.05) is 0 Å². The van der Waals surface area contributed by atoms with Crippen LogP contribution in [0.3, 0.4) is 0 Å². The molecule has 0 bridgehead atoms. The molecular weight excluding hydrogens is 192 g/mol. The Labute approximate surface area is 97.3 Å². The third-order valence-corrected chi connectivity index (χ3v) is 4.08. The molecule has 0 nitrogen and oxygen atoms in total. The number of hydrogen-bond acceptors (Lipinski definition) is 0. The molecule has 0 saturated heterocycles. The van der Waals surface area contributed by atoms with Crippen molar-refractivity contribution in [1.82, 2.24) is 0 Å². The first-order chi connectivity index (χ1) is 7.70. The fourth-order valence-corrected chi connectivity index (χ4v) is 3.46. The molecule has 0 heterocycles. The second-order valence-corrected chi connectivity index (χ2v) is 5.35. The van der Waals surface area contributed by atoms with E-state index >= 15 is 0 Å². The van der Waals surface area contributed by atoms with Gasteiger partial charge in [-0.3, -0.25) is 0 Å². The van der Waals surface area contributed by atoms with Gasteiger partial charge in [-0.05, 0) is 39.7 Å². The SMILES string of the molecule is CC(C)C1c2cccc3cccc(c23)C1C. The molecule has 0 heteroatoms. The highest BCUT2D eigenvalue weighted by atomic mass is 14.4. The monoisotopic (exact) mass is 210 g/mol. The number of benzene rings is 2. The van der Waals surface area contributed by atoms with E-state index in [2.05, 4.69) is 57.2 Å². The molecular formula is C16H18. The molecule has 1 aliphatic rings. The van der Waals surface area contributed by atoms with Crippen LogP contribution in [0.2, 0.25) is 0 Å². The second-order valence-electron chi connectivity index (χ2n) is 5.35. The lowest BCUT2D eigenvalue weighted by molar-refractivity contribution is 0.453. The van der Waals surface area contributed by atoms with E-state index in [1.165, 1.54) is 10.8 Å². The van der Waals surface area contributed by atoms with Gasteiger partial charge < -0.3 is 0 Å². The van der Waals surface area contributed by atoms with E-state index in [4.69, 9.17) is 0 Å². The first-order valence-corrected chi connectivity index (χ1v) is 6.21. The Bertz CT molecular complexity index is 531. The standard InChI is InChI=1S/C16H18/c1-10(2)15-11(3)13-8-4-6-12-7-5-9-14(15)16(12)13/h4-11,15H,1-3H3. The van der Waals surface area contributed by atoms with E-state index in [1.54, 1.807) is 11.1 Å². The molecule has 0 saturated carbocycles. The van der Waals surface area contributed by atoms with Gasteiger partial charge in [0.1, 0.15) is 0 Å². The fourth-order valence-electron chi connectivity index (χ4n) is 3.46. The van der Waals surface area contributed by atoms with Gasteiger partial charge in [0.2, 0.25) is 0 Å². The van der Waals surface area contributed by atoms with Crippen LogP contribution in [-0.4, -0.2) is 0 Å². The minimum absolute atomic E-state index is 0.668. The predicted octanol–water partition coefficient (Wildman–Crippen LogP) is 4.70. The van der Waals surface area contributed by atoms with Gasteiger partial charge >= 0.3 is 0 Å². The van der Waals surface area contributed by atoms with Crippen molar-refractivity contribution in [1.29, 1.82) is 0 Å². The van der Waals surface area contributed by atoms with Gasteiger partial charge in [-0.25, -0.2) is 0 Å². The van der Waals surface area contributed by atoms with Gasteiger partial charge in [-0.1, -0.05) is 57.2 Å². The maximum absolute atomic E-state index is 2.37. The van der Waals surface area contributed by atoms with Crippen LogP contribution in [0.5, 0.6) is 0 Å². The molecule has 0 spiro atoms. The zero-order valence-corrected chi connectivity index (χ0v) is 10.2. The third kappa shape index (κ3) is 1.16. The van der Waals surface area contributed by atoms with Gasteiger partial charge in [-0.2, -0.15) is 0 Å². The smallest absolute Gasteiger partial charge is 0.00662 e. The minimum atomic E-state index is 0.668. The van der Waals surface area contributed by atoms with Crippen molar-refractivity contribution in [2.75, 3.05) is 0 Å². The average Bonchev–Trinajstić information content (AvgIpc) is 2.55. The van der Waals surface area contributed by atoms with Gasteiger partial charge in [-0.15, -0.1) is 0 Å².